The summed E-state index contributed by atoms with van der Waals surface area (Å²) >= 11 is 0. The van der Waals surface area contributed by atoms with Crippen molar-refractivity contribution in [3.63, 3.8) is 0 Å². The summed E-state index contributed by atoms with van der Waals surface area (Å²) in [5, 5.41) is 50.1. The van der Waals surface area contributed by atoms with E-state index >= 15 is 0 Å². The minimum Gasteiger partial charge on any atom is -0.508 e. The number of hydrogen-bond donors (Lipinski definition) is 5. The van der Waals surface area contributed by atoms with Gasteiger partial charge in [0.25, 0.3) is 0 Å². The lowest BCUT2D eigenvalue weighted by atomic mass is 9.89. The number of hydrogen-bond acceptors (Lipinski definition) is 6. The highest BCUT2D eigenvalue weighted by molar-refractivity contribution is 5.68. The van der Waals surface area contributed by atoms with Crippen LogP contribution in [0.3, 0.4) is 0 Å². The second kappa shape index (κ2) is 8.10. The van der Waals surface area contributed by atoms with Gasteiger partial charge in [0, 0.05) is 5.56 Å². The lowest BCUT2D eigenvalue weighted by molar-refractivity contribution is -0.232. The van der Waals surface area contributed by atoms with Crippen molar-refractivity contribution in [3.8, 4) is 16.9 Å². The average molecular weight is 396 g/mol. The molecular weight excluding hydrogens is 372 g/mol. The Bertz CT molecular complexity index is 925. The maximum absolute atomic E-state index is 10.4. The number of fused-ring (bicyclic) bond motifs is 1. The van der Waals surface area contributed by atoms with Crippen molar-refractivity contribution >= 4 is 0 Å². The molecule has 1 aliphatic heterocycles. The first-order chi connectivity index (χ1) is 14.0. The summed E-state index contributed by atoms with van der Waals surface area (Å²) in [6, 6.07) is 19.3. The van der Waals surface area contributed by atoms with E-state index in [9.17, 15) is 25.5 Å². The molecule has 3 aliphatic rings. The van der Waals surface area contributed by atoms with E-state index in [-0.39, 0.29) is 5.75 Å². The zero-order valence-corrected chi connectivity index (χ0v) is 15.7. The van der Waals surface area contributed by atoms with Crippen molar-refractivity contribution in [3.05, 3.63) is 77.4 Å². The molecule has 4 rings (SSSR count). The van der Waals surface area contributed by atoms with Crippen molar-refractivity contribution in [1.82, 2.24) is 0 Å². The fraction of sp³-hybridized carbons (Fsp3) is 0.304. The third-order valence-electron chi connectivity index (χ3n) is 5.49. The van der Waals surface area contributed by atoms with Crippen molar-refractivity contribution in [2.45, 2.75) is 36.9 Å². The van der Waals surface area contributed by atoms with E-state index in [1.54, 1.807) is 12.1 Å². The van der Waals surface area contributed by atoms with Crippen LogP contribution in [0.4, 0.5) is 0 Å². The zero-order chi connectivity index (χ0) is 20.5. The predicted octanol–water partition coefficient (Wildman–Crippen LogP) is 1.60. The summed E-state index contributed by atoms with van der Waals surface area (Å²) in [5.41, 5.74) is 4.59. The van der Waals surface area contributed by atoms with E-state index in [1.165, 1.54) is 6.07 Å². The van der Waals surface area contributed by atoms with Crippen LogP contribution in [-0.4, -0.2) is 56.6 Å². The number of aromatic hydroxyl groups is 1. The Balaban J connectivity index is 1.63. The number of ether oxygens (including phenoxy) is 1. The third-order valence-corrected chi connectivity index (χ3v) is 5.49. The second-order valence-electron chi connectivity index (χ2n) is 7.50. The van der Waals surface area contributed by atoms with Crippen LogP contribution in [0.15, 0.2) is 60.7 Å². The number of aliphatic hydroxyl groups excluding tert-OH is 4. The summed E-state index contributed by atoms with van der Waals surface area (Å²) < 4.78 is 5.59. The molecule has 2 unspecified atom stereocenters. The molecule has 0 radical (unpaired) electrons. The first-order valence-corrected chi connectivity index (χ1v) is 9.58. The molecule has 2 aliphatic carbocycles. The fourth-order valence-corrected chi connectivity index (χ4v) is 3.92. The Labute approximate surface area is 168 Å². The highest BCUT2D eigenvalue weighted by Crippen LogP contribution is 2.37. The maximum atomic E-state index is 10.4. The Hall–Kier alpha value is -2.48. The van der Waals surface area contributed by atoms with Gasteiger partial charge >= 0.3 is 0 Å². The lowest BCUT2D eigenvalue weighted by Gasteiger charge is -2.40. The van der Waals surface area contributed by atoms with Gasteiger partial charge in [0.15, 0.2) is 0 Å². The molecule has 0 amide bonds. The van der Waals surface area contributed by atoms with Gasteiger partial charge in [-0.3, -0.25) is 0 Å². The predicted molar refractivity (Wildman–Crippen MR) is 107 cm³/mol. The minimum atomic E-state index is -1.49. The quantitative estimate of drug-likeness (QED) is 0.458. The summed E-state index contributed by atoms with van der Waals surface area (Å²) in [7, 11) is 0. The molecule has 5 N–H and O–H groups in total. The summed E-state index contributed by atoms with van der Waals surface area (Å²) in [4.78, 5) is 0. The second-order valence-corrected chi connectivity index (χ2v) is 7.50. The monoisotopic (exact) mass is 396 g/mol. The Morgan fingerprint density at radius 3 is 2.10 bits per heavy atom. The van der Waals surface area contributed by atoms with Gasteiger partial charge < -0.3 is 30.3 Å². The molecule has 1 aromatic rings. The third kappa shape index (κ3) is 3.85. The van der Waals surface area contributed by atoms with Crippen LogP contribution >= 0.6 is 0 Å². The number of phenols is 1. The van der Waals surface area contributed by atoms with E-state index in [0.717, 1.165) is 22.3 Å². The molecule has 1 heterocycles. The average Bonchev–Trinajstić information content (AvgIpc) is 2.96. The smallest absolute Gasteiger partial charge is 0.121 e. The molecule has 1 aromatic carbocycles. The van der Waals surface area contributed by atoms with E-state index in [4.69, 9.17) is 4.74 Å². The van der Waals surface area contributed by atoms with Gasteiger partial charge in [0.05, 0.1) is 6.61 Å². The normalized spacial score (nSPS) is 27.2. The number of rotatable bonds is 4. The number of aliphatic hydroxyl groups is 4. The van der Waals surface area contributed by atoms with Crippen LogP contribution in [0.5, 0.6) is 5.75 Å². The van der Waals surface area contributed by atoms with E-state index in [0.29, 0.717) is 12.0 Å². The molecule has 0 spiro atoms. The topological polar surface area (TPSA) is 110 Å². The molecular formula is C23H24O6. The fourth-order valence-electron chi connectivity index (χ4n) is 3.92. The molecule has 0 aromatic heterocycles. The van der Waals surface area contributed by atoms with Crippen LogP contribution in [0.25, 0.3) is 11.1 Å². The summed E-state index contributed by atoms with van der Waals surface area (Å²) in [5.74, 6) is -0.0854. The molecule has 0 bridgehead atoms. The summed E-state index contributed by atoms with van der Waals surface area (Å²) in [6.45, 7) is -0.514. The van der Waals surface area contributed by atoms with Gasteiger partial charge in [-0.05, 0) is 40.8 Å². The first kappa shape index (κ1) is 19.8. The van der Waals surface area contributed by atoms with Gasteiger partial charge in [0.2, 0.25) is 0 Å². The Morgan fingerprint density at radius 1 is 0.759 bits per heavy atom. The first-order valence-electron chi connectivity index (χ1n) is 9.58. The molecule has 0 saturated carbocycles. The Morgan fingerprint density at radius 2 is 1.45 bits per heavy atom. The van der Waals surface area contributed by atoms with Crippen molar-refractivity contribution in [1.29, 1.82) is 0 Å². The number of benzene rings is 1. The van der Waals surface area contributed by atoms with E-state index in [2.05, 4.69) is 24.3 Å². The highest BCUT2D eigenvalue weighted by Gasteiger charge is 2.44. The van der Waals surface area contributed by atoms with E-state index < -0.39 is 37.1 Å². The molecule has 1 fully saturated rings. The van der Waals surface area contributed by atoms with Crippen LogP contribution < -0.4 is 0 Å². The lowest BCUT2D eigenvalue weighted by Crippen LogP contribution is -2.55. The SMILES string of the molecule is OCC1OC(c2cc(Cc3cc4cccccc-4c3)ccc2O)[C@H](O)[C@@H](O)[C@@H]1O. The van der Waals surface area contributed by atoms with Crippen molar-refractivity contribution < 1.29 is 30.3 Å². The molecule has 5 atom stereocenters. The van der Waals surface area contributed by atoms with Crippen LogP contribution in [0, 0.1) is 0 Å². The van der Waals surface area contributed by atoms with E-state index in [1.807, 2.05) is 18.2 Å². The summed E-state index contributed by atoms with van der Waals surface area (Å²) in [6.07, 6.45) is -5.84. The zero-order valence-electron chi connectivity index (χ0n) is 15.7. The van der Waals surface area contributed by atoms with Crippen molar-refractivity contribution in [2.75, 3.05) is 6.61 Å². The van der Waals surface area contributed by atoms with Gasteiger partial charge in [-0.2, -0.15) is 0 Å². The maximum Gasteiger partial charge on any atom is 0.121 e. The molecule has 1 saturated heterocycles. The molecule has 152 valence electrons. The minimum absolute atomic E-state index is 0.0854. The number of phenolic OH excluding ortho intramolecular Hbond substituents is 1. The van der Waals surface area contributed by atoms with Gasteiger partial charge in [-0.1, -0.05) is 48.5 Å². The van der Waals surface area contributed by atoms with Crippen LogP contribution in [0.1, 0.15) is 22.8 Å². The van der Waals surface area contributed by atoms with Gasteiger partial charge in [-0.15, -0.1) is 0 Å². The Kier molecular flexibility index (Phi) is 5.54. The molecule has 6 heteroatoms. The molecule has 6 nitrogen and oxygen atoms in total. The molecule has 29 heavy (non-hydrogen) atoms. The van der Waals surface area contributed by atoms with Gasteiger partial charge in [-0.25, -0.2) is 0 Å². The standard InChI is InChI=1S/C23H24O6/c24-12-19-20(26)21(27)22(28)23(29-19)17-11-13(6-7-18(17)25)8-14-9-15-4-2-1-3-5-16(15)10-14/h1-7,9-11,19-28H,8,12H2/t19?,20-,21+,22-,23?/m1/s1. The van der Waals surface area contributed by atoms with Crippen molar-refractivity contribution in [2.24, 2.45) is 0 Å². The van der Waals surface area contributed by atoms with Crippen LogP contribution in [0.2, 0.25) is 0 Å². The van der Waals surface area contributed by atoms with Crippen LogP contribution in [-0.2, 0) is 11.2 Å². The largest absolute Gasteiger partial charge is 0.508 e. The highest BCUT2D eigenvalue weighted by atomic mass is 16.5. The van der Waals surface area contributed by atoms with Gasteiger partial charge in [0.1, 0.15) is 36.3 Å².